The summed E-state index contributed by atoms with van der Waals surface area (Å²) in [6.07, 6.45) is 3.82. The van der Waals surface area contributed by atoms with Crippen molar-refractivity contribution in [1.29, 1.82) is 0 Å². The van der Waals surface area contributed by atoms with Crippen molar-refractivity contribution >= 4 is 11.5 Å². The van der Waals surface area contributed by atoms with Gasteiger partial charge in [-0.15, -0.1) is 0 Å². The summed E-state index contributed by atoms with van der Waals surface area (Å²) in [6.45, 7) is 4.10. The SMILES string of the molecule is CCOCCc1nn(-c2ccccc2[N+](=O)[O-])c2c1CCCCN2. The number of para-hydroxylation sites is 2. The molecule has 0 atom stereocenters. The number of anilines is 1. The van der Waals surface area contributed by atoms with Crippen LogP contribution in [-0.2, 0) is 17.6 Å². The molecule has 1 aromatic carbocycles. The van der Waals surface area contributed by atoms with Crippen molar-refractivity contribution in [3.05, 3.63) is 45.6 Å². The largest absolute Gasteiger partial charge is 0.381 e. The van der Waals surface area contributed by atoms with Gasteiger partial charge in [-0.3, -0.25) is 10.1 Å². The summed E-state index contributed by atoms with van der Waals surface area (Å²) in [6, 6.07) is 6.73. The maximum Gasteiger partial charge on any atom is 0.294 e. The first-order valence-corrected chi connectivity index (χ1v) is 8.38. The first kappa shape index (κ1) is 16.4. The van der Waals surface area contributed by atoms with E-state index in [2.05, 4.69) is 10.4 Å². The van der Waals surface area contributed by atoms with Gasteiger partial charge in [0.25, 0.3) is 5.69 Å². The lowest BCUT2D eigenvalue weighted by Crippen LogP contribution is -2.09. The van der Waals surface area contributed by atoms with E-state index in [9.17, 15) is 10.1 Å². The van der Waals surface area contributed by atoms with Crippen LogP contribution in [0.5, 0.6) is 0 Å². The van der Waals surface area contributed by atoms with Crippen LogP contribution in [0.2, 0.25) is 0 Å². The van der Waals surface area contributed by atoms with E-state index in [-0.39, 0.29) is 10.6 Å². The number of aromatic nitrogens is 2. The van der Waals surface area contributed by atoms with Crippen LogP contribution >= 0.6 is 0 Å². The molecule has 24 heavy (non-hydrogen) atoms. The Balaban J connectivity index is 2.06. The van der Waals surface area contributed by atoms with Crippen LogP contribution in [0.3, 0.4) is 0 Å². The van der Waals surface area contributed by atoms with Crippen LogP contribution in [-0.4, -0.2) is 34.5 Å². The van der Waals surface area contributed by atoms with E-state index >= 15 is 0 Å². The van der Waals surface area contributed by atoms with Gasteiger partial charge in [-0.25, -0.2) is 4.68 Å². The summed E-state index contributed by atoms with van der Waals surface area (Å²) in [5.41, 5.74) is 2.68. The maximum absolute atomic E-state index is 11.4. The molecular formula is C17H22N4O3. The van der Waals surface area contributed by atoms with Crippen LogP contribution in [0.1, 0.15) is 31.0 Å². The van der Waals surface area contributed by atoms with E-state index in [1.165, 1.54) is 6.07 Å². The van der Waals surface area contributed by atoms with Gasteiger partial charge in [0.1, 0.15) is 11.5 Å². The second-order valence-electron chi connectivity index (χ2n) is 5.76. The zero-order chi connectivity index (χ0) is 16.9. The third-order valence-electron chi connectivity index (χ3n) is 4.21. The fourth-order valence-electron chi connectivity index (χ4n) is 3.06. The molecule has 0 fully saturated rings. The highest BCUT2D eigenvalue weighted by molar-refractivity contribution is 5.60. The number of fused-ring (bicyclic) bond motifs is 1. The standard InChI is InChI=1S/C17H22N4O3/c1-2-24-12-10-14-13-7-5-6-11-18-17(13)20(19-14)15-8-3-4-9-16(15)21(22)23/h3-4,8-9,18H,2,5-7,10-12H2,1H3. The van der Waals surface area contributed by atoms with Gasteiger partial charge in [-0.2, -0.15) is 5.10 Å². The Morgan fingerprint density at radius 1 is 1.38 bits per heavy atom. The Morgan fingerprint density at radius 3 is 3.00 bits per heavy atom. The lowest BCUT2D eigenvalue weighted by atomic mass is 10.1. The van der Waals surface area contributed by atoms with E-state index in [0.29, 0.717) is 25.3 Å². The van der Waals surface area contributed by atoms with Gasteiger partial charge < -0.3 is 10.1 Å². The fraction of sp³-hybridized carbons (Fsp3) is 0.471. The third-order valence-corrected chi connectivity index (χ3v) is 4.21. The second kappa shape index (κ2) is 7.44. The van der Waals surface area contributed by atoms with E-state index in [4.69, 9.17) is 4.74 Å². The monoisotopic (exact) mass is 330 g/mol. The molecule has 0 saturated carbocycles. The maximum atomic E-state index is 11.4. The number of nitrogens with one attached hydrogen (secondary N) is 1. The highest BCUT2D eigenvalue weighted by Gasteiger charge is 2.24. The average molecular weight is 330 g/mol. The van der Waals surface area contributed by atoms with Crippen molar-refractivity contribution < 1.29 is 9.66 Å². The second-order valence-corrected chi connectivity index (χ2v) is 5.76. The van der Waals surface area contributed by atoms with E-state index < -0.39 is 0 Å². The number of hydrogen-bond donors (Lipinski definition) is 1. The van der Waals surface area contributed by atoms with Crippen LogP contribution < -0.4 is 5.32 Å². The van der Waals surface area contributed by atoms with Crippen LogP contribution in [0.25, 0.3) is 5.69 Å². The summed E-state index contributed by atoms with van der Waals surface area (Å²) >= 11 is 0. The zero-order valence-corrected chi connectivity index (χ0v) is 13.8. The molecule has 0 aliphatic carbocycles. The average Bonchev–Trinajstić information content (AvgIpc) is 2.77. The molecule has 0 spiro atoms. The van der Waals surface area contributed by atoms with Crippen molar-refractivity contribution in [2.75, 3.05) is 25.1 Å². The van der Waals surface area contributed by atoms with E-state index in [0.717, 1.165) is 42.9 Å². The van der Waals surface area contributed by atoms with Gasteiger partial charge in [-0.05, 0) is 32.3 Å². The van der Waals surface area contributed by atoms with Crippen LogP contribution in [0, 0.1) is 10.1 Å². The number of benzene rings is 1. The lowest BCUT2D eigenvalue weighted by Gasteiger charge is -2.09. The minimum absolute atomic E-state index is 0.0604. The van der Waals surface area contributed by atoms with E-state index in [1.807, 2.05) is 6.92 Å². The molecule has 128 valence electrons. The number of nitro groups is 1. The van der Waals surface area contributed by atoms with Gasteiger partial charge >= 0.3 is 0 Å². The third kappa shape index (κ3) is 3.26. The molecule has 0 unspecified atom stereocenters. The van der Waals surface area contributed by atoms with Crippen molar-refractivity contribution in [2.24, 2.45) is 0 Å². The summed E-state index contributed by atoms with van der Waals surface area (Å²) in [7, 11) is 0. The van der Waals surface area contributed by atoms with Gasteiger partial charge in [0, 0.05) is 31.2 Å². The quantitative estimate of drug-likeness (QED) is 0.500. The molecular weight excluding hydrogens is 308 g/mol. The Morgan fingerprint density at radius 2 is 2.21 bits per heavy atom. The molecule has 7 heteroatoms. The van der Waals surface area contributed by atoms with E-state index in [1.54, 1.807) is 22.9 Å². The lowest BCUT2D eigenvalue weighted by molar-refractivity contribution is -0.384. The predicted octanol–water partition coefficient (Wildman–Crippen LogP) is 3.11. The molecule has 1 N–H and O–H groups in total. The Kier molecular flexibility index (Phi) is 5.10. The molecule has 7 nitrogen and oxygen atoms in total. The summed E-state index contributed by atoms with van der Waals surface area (Å²) in [5, 5.41) is 19.5. The minimum Gasteiger partial charge on any atom is -0.381 e. The Labute approximate surface area is 140 Å². The normalized spacial score (nSPS) is 13.9. The number of hydrogen-bond acceptors (Lipinski definition) is 5. The highest BCUT2D eigenvalue weighted by atomic mass is 16.6. The molecule has 3 rings (SSSR count). The molecule has 0 amide bonds. The van der Waals surface area contributed by atoms with Crippen LogP contribution in [0.15, 0.2) is 24.3 Å². The Bertz CT molecular complexity index is 727. The van der Waals surface area contributed by atoms with Crippen LogP contribution in [0.4, 0.5) is 11.5 Å². The van der Waals surface area contributed by atoms with Gasteiger partial charge in [0.05, 0.1) is 17.2 Å². The molecule has 1 aliphatic heterocycles. The van der Waals surface area contributed by atoms with Gasteiger partial charge in [0.2, 0.25) is 0 Å². The number of nitro benzene ring substituents is 1. The predicted molar refractivity (Wildman–Crippen MR) is 91.8 cm³/mol. The highest BCUT2D eigenvalue weighted by Crippen LogP contribution is 2.31. The van der Waals surface area contributed by atoms with Gasteiger partial charge in [-0.1, -0.05) is 12.1 Å². The molecule has 0 saturated heterocycles. The van der Waals surface area contributed by atoms with Crippen molar-refractivity contribution in [3.63, 3.8) is 0 Å². The first-order valence-electron chi connectivity index (χ1n) is 8.38. The summed E-state index contributed by atoms with van der Waals surface area (Å²) in [5.74, 6) is 0.883. The summed E-state index contributed by atoms with van der Waals surface area (Å²) < 4.78 is 7.15. The first-order chi connectivity index (χ1) is 11.7. The number of rotatable bonds is 6. The summed E-state index contributed by atoms with van der Waals surface area (Å²) in [4.78, 5) is 11.0. The number of nitrogens with zero attached hydrogens (tertiary/aromatic N) is 3. The van der Waals surface area contributed by atoms with Crippen molar-refractivity contribution in [2.45, 2.75) is 32.6 Å². The van der Waals surface area contributed by atoms with Gasteiger partial charge in [0.15, 0.2) is 0 Å². The molecule has 2 aromatic rings. The molecule has 1 aliphatic rings. The topological polar surface area (TPSA) is 82.2 Å². The smallest absolute Gasteiger partial charge is 0.294 e. The minimum atomic E-state index is -0.361. The molecule has 1 aromatic heterocycles. The molecule has 2 heterocycles. The fourth-order valence-corrected chi connectivity index (χ4v) is 3.06. The van der Waals surface area contributed by atoms with Crippen molar-refractivity contribution in [1.82, 2.24) is 9.78 Å². The van der Waals surface area contributed by atoms with Crippen molar-refractivity contribution in [3.8, 4) is 5.69 Å². The number of ether oxygens (including phenoxy) is 1. The molecule has 0 radical (unpaired) electrons. The molecule has 0 bridgehead atoms. The zero-order valence-electron chi connectivity index (χ0n) is 13.8. The Hall–Kier alpha value is -2.41.